The van der Waals surface area contributed by atoms with E-state index in [1.165, 1.54) is 0 Å². The number of hydrogen-bond donors (Lipinski definition) is 0. The van der Waals surface area contributed by atoms with Gasteiger partial charge in [0.2, 0.25) is 5.91 Å². The quantitative estimate of drug-likeness (QED) is 0.810. The van der Waals surface area contributed by atoms with E-state index in [1.54, 1.807) is 37.3 Å². The SMILES string of the molecule is COc1ccc(C(=O)N2CCCC(C(=O)N3CCOCC3)C2)cc1OC. The Morgan fingerprint density at radius 3 is 2.46 bits per heavy atom. The number of morpholine rings is 1. The zero-order valence-corrected chi connectivity index (χ0v) is 15.4. The zero-order chi connectivity index (χ0) is 18.5. The lowest BCUT2D eigenvalue weighted by Crippen LogP contribution is -2.49. The fraction of sp³-hybridized carbons (Fsp3) is 0.579. The van der Waals surface area contributed by atoms with E-state index < -0.39 is 0 Å². The van der Waals surface area contributed by atoms with Gasteiger partial charge in [0.1, 0.15) is 0 Å². The van der Waals surface area contributed by atoms with Crippen LogP contribution in [0.25, 0.3) is 0 Å². The normalized spacial score (nSPS) is 20.6. The average molecular weight is 362 g/mol. The van der Waals surface area contributed by atoms with Crippen molar-refractivity contribution >= 4 is 11.8 Å². The van der Waals surface area contributed by atoms with Gasteiger partial charge in [0.15, 0.2) is 11.5 Å². The van der Waals surface area contributed by atoms with Crippen molar-refractivity contribution in [3.63, 3.8) is 0 Å². The van der Waals surface area contributed by atoms with Crippen molar-refractivity contribution in [2.75, 3.05) is 53.6 Å². The molecule has 1 unspecified atom stereocenters. The van der Waals surface area contributed by atoms with E-state index in [9.17, 15) is 9.59 Å². The summed E-state index contributed by atoms with van der Waals surface area (Å²) in [5.74, 6) is 1.04. The molecule has 26 heavy (non-hydrogen) atoms. The van der Waals surface area contributed by atoms with Crippen molar-refractivity contribution in [2.24, 2.45) is 5.92 Å². The Balaban J connectivity index is 1.68. The highest BCUT2D eigenvalue weighted by Gasteiger charge is 2.32. The number of methoxy groups -OCH3 is 2. The minimum absolute atomic E-state index is 0.0783. The molecular weight excluding hydrogens is 336 g/mol. The Morgan fingerprint density at radius 2 is 1.77 bits per heavy atom. The molecule has 1 aromatic rings. The molecule has 7 heteroatoms. The van der Waals surface area contributed by atoms with E-state index in [0.717, 1.165) is 12.8 Å². The average Bonchev–Trinajstić information content (AvgIpc) is 2.72. The molecule has 2 saturated heterocycles. The standard InChI is InChI=1S/C19H26N2O5/c1-24-16-6-5-14(12-17(16)25-2)18(22)21-7-3-4-15(13-21)19(23)20-8-10-26-11-9-20/h5-6,12,15H,3-4,7-11,13H2,1-2H3. The Labute approximate surface area is 153 Å². The van der Waals surface area contributed by atoms with Gasteiger partial charge in [-0.25, -0.2) is 0 Å². The molecule has 0 N–H and O–H groups in total. The molecule has 2 aliphatic heterocycles. The molecule has 1 atom stereocenters. The van der Waals surface area contributed by atoms with Gasteiger partial charge in [0.05, 0.1) is 33.4 Å². The number of amides is 2. The Morgan fingerprint density at radius 1 is 1.04 bits per heavy atom. The topological polar surface area (TPSA) is 68.3 Å². The van der Waals surface area contributed by atoms with Crippen molar-refractivity contribution < 1.29 is 23.8 Å². The number of carbonyl (C=O) groups excluding carboxylic acids is 2. The third-order valence-corrected chi connectivity index (χ3v) is 5.01. The summed E-state index contributed by atoms with van der Waals surface area (Å²) >= 11 is 0. The maximum atomic E-state index is 12.9. The van der Waals surface area contributed by atoms with E-state index in [0.29, 0.717) is 56.5 Å². The minimum atomic E-state index is -0.133. The molecule has 2 aliphatic rings. The fourth-order valence-corrected chi connectivity index (χ4v) is 3.56. The second kappa shape index (κ2) is 8.40. The molecule has 2 fully saturated rings. The van der Waals surface area contributed by atoms with Crippen LogP contribution in [0, 0.1) is 5.92 Å². The molecule has 0 aliphatic carbocycles. The van der Waals surface area contributed by atoms with Crippen molar-refractivity contribution in [3.05, 3.63) is 23.8 Å². The second-order valence-corrected chi connectivity index (χ2v) is 6.60. The molecule has 0 bridgehead atoms. The third kappa shape index (κ3) is 3.93. The highest BCUT2D eigenvalue weighted by atomic mass is 16.5. The lowest BCUT2D eigenvalue weighted by molar-refractivity contribution is -0.141. The van der Waals surface area contributed by atoms with Crippen LogP contribution >= 0.6 is 0 Å². The maximum Gasteiger partial charge on any atom is 0.254 e. The summed E-state index contributed by atoms with van der Waals surface area (Å²) in [7, 11) is 3.11. The van der Waals surface area contributed by atoms with Crippen LogP contribution in [0.15, 0.2) is 18.2 Å². The molecular formula is C19H26N2O5. The number of likely N-dealkylation sites (tertiary alicyclic amines) is 1. The van der Waals surface area contributed by atoms with Gasteiger partial charge >= 0.3 is 0 Å². The summed E-state index contributed by atoms with van der Waals surface area (Å²) in [5.41, 5.74) is 0.544. The van der Waals surface area contributed by atoms with Crippen LogP contribution in [0.3, 0.4) is 0 Å². The minimum Gasteiger partial charge on any atom is -0.493 e. The van der Waals surface area contributed by atoms with Crippen LogP contribution < -0.4 is 9.47 Å². The zero-order valence-electron chi connectivity index (χ0n) is 15.4. The summed E-state index contributed by atoms with van der Waals surface area (Å²) in [6.45, 7) is 3.58. The Bertz CT molecular complexity index is 657. The molecule has 0 radical (unpaired) electrons. The van der Waals surface area contributed by atoms with Crippen molar-refractivity contribution in [1.82, 2.24) is 9.80 Å². The van der Waals surface area contributed by atoms with Crippen LogP contribution in [-0.4, -0.2) is 75.2 Å². The van der Waals surface area contributed by atoms with Gasteiger partial charge in [0, 0.05) is 31.7 Å². The predicted octanol–water partition coefficient (Wildman–Crippen LogP) is 1.41. The molecule has 2 amide bonds. The van der Waals surface area contributed by atoms with Gasteiger partial charge in [-0.1, -0.05) is 0 Å². The predicted molar refractivity (Wildman–Crippen MR) is 95.6 cm³/mol. The van der Waals surface area contributed by atoms with Crippen LogP contribution in [0.2, 0.25) is 0 Å². The highest BCUT2D eigenvalue weighted by Crippen LogP contribution is 2.29. The number of carbonyl (C=O) groups is 2. The molecule has 0 saturated carbocycles. The van der Waals surface area contributed by atoms with Crippen molar-refractivity contribution in [2.45, 2.75) is 12.8 Å². The second-order valence-electron chi connectivity index (χ2n) is 6.60. The number of hydrogen-bond acceptors (Lipinski definition) is 5. The van der Waals surface area contributed by atoms with Crippen LogP contribution in [0.5, 0.6) is 11.5 Å². The van der Waals surface area contributed by atoms with Crippen LogP contribution in [-0.2, 0) is 9.53 Å². The number of nitrogens with zero attached hydrogens (tertiary/aromatic N) is 2. The maximum absolute atomic E-state index is 12.9. The van der Waals surface area contributed by atoms with Gasteiger partial charge < -0.3 is 24.0 Å². The fourth-order valence-electron chi connectivity index (χ4n) is 3.56. The van der Waals surface area contributed by atoms with E-state index in [2.05, 4.69) is 0 Å². The van der Waals surface area contributed by atoms with Crippen molar-refractivity contribution in [3.8, 4) is 11.5 Å². The summed E-state index contributed by atoms with van der Waals surface area (Å²) in [4.78, 5) is 29.3. The Hall–Kier alpha value is -2.28. The monoisotopic (exact) mass is 362 g/mol. The lowest BCUT2D eigenvalue weighted by Gasteiger charge is -2.36. The number of piperidine rings is 1. The lowest BCUT2D eigenvalue weighted by atomic mass is 9.95. The number of rotatable bonds is 4. The van der Waals surface area contributed by atoms with Gasteiger partial charge in [-0.05, 0) is 31.0 Å². The number of ether oxygens (including phenoxy) is 3. The van der Waals surface area contributed by atoms with Crippen molar-refractivity contribution in [1.29, 1.82) is 0 Å². The van der Waals surface area contributed by atoms with Gasteiger partial charge in [-0.2, -0.15) is 0 Å². The molecule has 7 nitrogen and oxygen atoms in total. The number of benzene rings is 1. The Kier molecular flexibility index (Phi) is 5.98. The van der Waals surface area contributed by atoms with E-state index in [1.807, 2.05) is 4.90 Å². The largest absolute Gasteiger partial charge is 0.493 e. The molecule has 3 rings (SSSR count). The van der Waals surface area contributed by atoms with Crippen LogP contribution in [0.1, 0.15) is 23.2 Å². The molecule has 0 aromatic heterocycles. The van der Waals surface area contributed by atoms with Gasteiger partial charge in [0.25, 0.3) is 5.91 Å². The first-order valence-electron chi connectivity index (χ1n) is 9.02. The van der Waals surface area contributed by atoms with Crippen LogP contribution in [0.4, 0.5) is 0 Å². The summed E-state index contributed by atoms with van der Waals surface area (Å²) in [6.07, 6.45) is 1.66. The first-order chi connectivity index (χ1) is 12.6. The summed E-state index contributed by atoms with van der Waals surface area (Å²) in [6, 6.07) is 5.15. The van der Waals surface area contributed by atoms with E-state index >= 15 is 0 Å². The highest BCUT2D eigenvalue weighted by molar-refractivity contribution is 5.95. The molecule has 2 heterocycles. The first-order valence-corrected chi connectivity index (χ1v) is 9.02. The molecule has 1 aromatic carbocycles. The summed E-state index contributed by atoms with van der Waals surface area (Å²) < 4.78 is 15.8. The smallest absolute Gasteiger partial charge is 0.254 e. The molecule has 0 spiro atoms. The molecule has 142 valence electrons. The first kappa shape index (κ1) is 18.5. The van der Waals surface area contributed by atoms with Gasteiger partial charge in [-0.15, -0.1) is 0 Å². The van der Waals surface area contributed by atoms with E-state index in [-0.39, 0.29) is 17.7 Å². The summed E-state index contributed by atoms with van der Waals surface area (Å²) in [5, 5.41) is 0. The third-order valence-electron chi connectivity index (χ3n) is 5.01. The van der Waals surface area contributed by atoms with Gasteiger partial charge in [-0.3, -0.25) is 9.59 Å². The van der Waals surface area contributed by atoms with E-state index in [4.69, 9.17) is 14.2 Å².